The topological polar surface area (TPSA) is 54.5 Å². The van der Waals surface area contributed by atoms with Crippen LogP contribution in [-0.4, -0.2) is 20.6 Å². The SMILES string of the molecule is SSc1ccc(-c2nn[nH]n2)cc1. The van der Waals surface area contributed by atoms with Gasteiger partial charge in [0.1, 0.15) is 0 Å². The van der Waals surface area contributed by atoms with E-state index in [0.29, 0.717) is 5.82 Å². The van der Waals surface area contributed by atoms with Gasteiger partial charge in [0.25, 0.3) is 0 Å². The summed E-state index contributed by atoms with van der Waals surface area (Å²) in [6, 6.07) is 7.79. The second-order valence-corrected chi connectivity index (χ2v) is 3.55. The summed E-state index contributed by atoms with van der Waals surface area (Å²) in [5, 5.41) is 13.6. The molecule has 0 radical (unpaired) electrons. The van der Waals surface area contributed by atoms with Crippen LogP contribution >= 0.6 is 22.5 Å². The van der Waals surface area contributed by atoms with Gasteiger partial charge in [0.05, 0.1) is 0 Å². The van der Waals surface area contributed by atoms with Gasteiger partial charge < -0.3 is 0 Å². The van der Waals surface area contributed by atoms with Crippen LogP contribution in [0.25, 0.3) is 11.4 Å². The van der Waals surface area contributed by atoms with E-state index >= 15 is 0 Å². The van der Waals surface area contributed by atoms with Crippen LogP contribution in [-0.2, 0) is 0 Å². The van der Waals surface area contributed by atoms with Crippen molar-refractivity contribution in [2.45, 2.75) is 4.90 Å². The minimum absolute atomic E-state index is 0.607. The average Bonchev–Trinajstić information content (AvgIpc) is 2.71. The Balaban J connectivity index is 2.33. The molecule has 0 aliphatic carbocycles. The molecule has 2 aromatic rings. The molecule has 0 saturated carbocycles. The van der Waals surface area contributed by atoms with Gasteiger partial charge in [-0.05, 0) is 29.5 Å². The van der Waals surface area contributed by atoms with Crippen molar-refractivity contribution in [3.05, 3.63) is 24.3 Å². The highest BCUT2D eigenvalue weighted by Gasteiger charge is 2.01. The number of hydrogen-bond donors (Lipinski definition) is 2. The number of nitrogens with one attached hydrogen (secondary N) is 1. The second-order valence-electron chi connectivity index (χ2n) is 2.35. The standard InChI is InChI=1S/C7H6N4S2/c12-13-6-3-1-5(2-4-6)7-8-10-11-9-7/h1-4,12H,(H,8,9,10,11). The van der Waals surface area contributed by atoms with Gasteiger partial charge in [0.2, 0.25) is 5.82 Å². The Bertz CT molecular complexity index is 370. The lowest BCUT2D eigenvalue weighted by molar-refractivity contribution is 0.881. The van der Waals surface area contributed by atoms with E-state index in [1.807, 2.05) is 24.3 Å². The Morgan fingerprint density at radius 3 is 2.54 bits per heavy atom. The van der Waals surface area contributed by atoms with Crippen molar-refractivity contribution < 1.29 is 0 Å². The zero-order valence-corrected chi connectivity index (χ0v) is 8.22. The maximum Gasteiger partial charge on any atom is 0.204 e. The number of thiol groups is 1. The lowest BCUT2D eigenvalue weighted by atomic mass is 10.2. The van der Waals surface area contributed by atoms with E-state index in [1.165, 1.54) is 10.8 Å². The minimum atomic E-state index is 0.607. The Hall–Kier alpha value is -1.01. The molecule has 0 spiro atoms. The lowest BCUT2D eigenvalue weighted by Crippen LogP contribution is -1.80. The van der Waals surface area contributed by atoms with Crippen molar-refractivity contribution in [1.82, 2.24) is 20.6 Å². The quantitative estimate of drug-likeness (QED) is 0.586. The third kappa shape index (κ3) is 1.84. The summed E-state index contributed by atoms with van der Waals surface area (Å²) >= 11 is 4.09. The first-order valence-electron chi connectivity index (χ1n) is 3.55. The van der Waals surface area contributed by atoms with Gasteiger partial charge in [-0.3, -0.25) is 0 Å². The summed E-state index contributed by atoms with van der Waals surface area (Å²) in [4.78, 5) is 1.09. The molecule has 6 heteroatoms. The number of nitrogens with zero attached hydrogens (tertiary/aromatic N) is 3. The van der Waals surface area contributed by atoms with Gasteiger partial charge in [0, 0.05) is 10.5 Å². The molecule has 0 bridgehead atoms. The van der Waals surface area contributed by atoms with E-state index in [0.717, 1.165) is 10.5 Å². The highest BCUT2D eigenvalue weighted by atomic mass is 33.1. The van der Waals surface area contributed by atoms with Crippen molar-refractivity contribution in [1.29, 1.82) is 0 Å². The molecule has 0 atom stereocenters. The maximum atomic E-state index is 4.09. The predicted octanol–water partition coefficient (Wildman–Crippen LogP) is 1.80. The molecule has 1 aromatic carbocycles. The monoisotopic (exact) mass is 210 g/mol. The van der Waals surface area contributed by atoms with Crippen LogP contribution in [0.5, 0.6) is 0 Å². The largest absolute Gasteiger partial charge is 0.204 e. The molecule has 0 unspecified atom stereocenters. The van der Waals surface area contributed by atoms with Gasteiger partial charge in [-0.2, -0.15) is 5.21 Å². The van der Waals surface area contributed by atoms with Crippen LogP contribution in [0, 0.1) is 0 Å². The fraction of sp³-hybridized carbons (Fsp3) is 0. The fourth-order valence-corrected chi connectivity index (χ4v) is 1.57. The maximum absolute atomic E-state index is 4.09. The van der Waals surface area contributed by atoms with Gasteiger partial charge in [-0.15, -0.1) is 21.9 Å². The van der Waals surface area contributed by atoms with Crippen LogP contribution < -0.4 is 0 Å². The number of H-pyrrole nitrogens is 1. The summed E-state index contributed by atoms with van der Waals surface area (Å²) in [5.74, 6) is 0.607. The van der Waals surface area contributed by atoms with E-state index in [2.05, 4.69) is 32.3 Å². The molecule has 13 heavy (non-hydrogen) atoms. The molecule has 1 heterocycles. The number of aromatic nitrogens is 4. The number of aromatic amines is 1. The Kier molecular flexibility index (Phi) is 2.51. The molecule has 0 aliphatic rings. The van der Waals surface area contributed by atoms with Gasteiger partial charge >= 0.3 is 0 Å². The van der Waals surface area contributed by atoms with Crippen LogP contribution in [0.2, 0.25) is 0 Å². The normalized spacial score (nSPS) is 10.2. The first kappa shape index (κ1) is 8.58. The molecule has 0 amide bonds. The van der Waals surface area contributed by atoms with Gasteiger partial charge in [-0.25, -0.2) is 0 Å². The van der Waals surface area contributed by atoms with Crippen molar-refractivity contribution >= 4 is 22.5 Å². The minimum Gasteiger partial charge on any atom is -0.177 e. The number of tetrazole rings is 1. The molecule has 0 aliphatic heterocycles. The second kappa shape index (κ2) is 3.80. The van der Waals surface area contributed by atoms with Crippen molar-refractivity contribution in [2.24, 2.45) is 0 Å². The smallest absolute Gasteiger partial charge is 0.177 e. The van der Waals surface area contributed by atoms with Gasteiger partial charge in [-0.1, -0.05) is 10.8 Å². The molecule has 1 aromatic heterocycles. The Morgan fingerprint density at radius 1 is 1.23 bits per heavy atom. The summed E-state index contributed by atoms with van der Waals surface area (Å²) in [6.07, 6.45) is 0. The van der Waals surface area contributed by atoms with E-state index < -0.39 is 0 Å². The van der Waals surface area contributed by atoms with E-state index in [4.69, 9.17) is 0 Å². The zero-order chi connectivity index (χ0) is 9.10. The lowest BCUT2D eigenvalue weighted by Gasteiger charge is -1.95. The van der Waals surface area contributed by atoms with Crippen molar-refractivity contribution in [3.63, 3.8) is 0 Å². The average molecular weight is 210 g/mol. The number of benzene rings is 1. The van der Waals surface area contributed by atoms with E-state index in [1.54, 1.807) is 0 Å². The Labute approximate surface area is 83.9 Å². The fourth-order valence-electron chi connectivity index (χ4n) is 0.949. The zero-order valence-electron chi connectivity index (χ0n) is 6.51. The summed E-state index contributed by atoms with van der Waals surface area (Å²) in [7, 11) is 1.40. The third-order valence-corrected chi connectivity index (χ3v) is 2.68. The van der Waals surface area contributed by atoms with Crippen molar-refractivity contribution in [2.75, 3.05) is 0 Å². The first-order chi connectivity index (χ1) is 6.40. The molecule has 4 nitrogen and oxygen atoms in total. The predicted molar refractivity (Wildman–Crippen MR) is 54.5 cm³/mol. The molecule has 0 fully saturated rings. The molecular weight excluding hydrogens is 204 g/mol. The number of hydrogen-bond acceptors (Lipinski definition) is 5. The summed E-state index contributed by atoms with van der Waals surface area (Å²) < 4.78 is 0. The highest BCUT2D eigenvalue weighted by Crippen LogP contribution is 2.23. The van der Waals surface area contributed by atoms with Crippen LogP contribution in [0.3, 0.4) is 0 Å². The molecule has 1 N–H and O–H groups in total. The van der Waals surface area contributed by atoms with Crippen molar-refractivity contribution in [3.8, 4) is 11.4 Å². The summed E-state index contributed by atoms with van der Waals surface area (Å²) in [6.45, 7) is 0. The molecule has 66 valence electrons. The van der Waals surface area contributed by atoms with E-state index in [9.17, 15) is 0 Å². The molecule has 0 saturated heterocycles. The van der Waals surface area contributed by atoms with Crippen LogP contribution in [0.1, 0.15) is 0 Å². The van der Waals surface area contributed by atoms with Crippen LogP contribution in [0.15, 0.2) is 29.2 Å². The number of rotatable bonds is 2. The first-order valence-corrected chi connectivity index (χ1v) is 5.42. The van der Waals surface area contributed by atoms with Gasteiger partial charge in [0.15, 0.2) is 0 Å². The van der Waals surface area contributed by atoms with Crippen LogP contribution in [0.4, 0.5) is 0 Å². The highest BCUT2D eigenvalue weighted by molar-refractivity contribution is 8.68. The molecular formula is C7H6N4S2. The van der Waals surface area contributed by atoms with E-state index in [-0.39, 0.29) is 0 Å². The Morgan fingerprint density at radius 2 is 2.00 bits per heavy atom. The molecule has 2 rings (SSSR count). The third-order valence-electron chi connectivity index (χ3n) is 1.56. The summed E-state index contributed by atoms with van der Waals surface area (Å²) in [5.41, 5.74) is 0.944.